The van der Waals surface area contributed by atoms with Gasteiger partial charge in [0.1, 0.15) is 18.0 Å². The van der Waals surface area contributed by atoms with Crippen LogP contribution >= 0.6 is 0 Å². The van der Waals surface area contributed by atoms with Crippen molar-refractivity contribution in [1.82, 2.24) is 0 Å². The summed E-state index contributed by atoms with van der Waals surface area (Å²) in [5.41, 5.74) is 10.1. The van der Waals surface area contributed by atoms with E-state index < -0.39 is 30.5 Å². The normalized spacial score (nSPS) is 13.3. The number of benzene rings is 6. The Balaban J connectivity index is 1.38. The van der Waals surface area contributed by atoms with E-state index in [4.69, 9.17) is 4.42 Å². The maximum atomic E-state index is 11.1. The number of fused-ring (bicyclic) bond motifs is 5. The molecule has 0 saturated heterocycles. The van der Waals surface area contributed by atoms with Crippen molar-refractivity contribution in [3.63, 3.8) is 0 Å². The monoisotopic (exact) mass is 750 g/mol. The summed E-state index contributed by atoms with van der Waals surface area (Å²) < 4.78 is 6.53. The van der Waals surface area contributed by atoms with Crippen molar-refractivity contribution in [2.24, 2.45) is 0 Å². The number of rotatable bonds is 10. The average Bonchev–Trinajstić information content (AvgIpc) is 3.49. The van der Waals surface area contributed by atoms with Gasteiger partial charge in [0.05, 0.1) is 6.61 Å². The van der Waals surface area contributed by atoms with Crippen LogP contribution in [-0.4, -0.2) is 38.7 Å². The fourth-order valence-electron chi connectivity index (χ4n) is 8.10. The lowest BCUT2D eigenvalue weighted by Gasteiger charge is -2.23. The molecular formula is C51H42O6. The van der Waals surface area contributed by atoms with Crippen molar-refractivity contribution < 1.29 is 29.9 Å². The Bertz CT molecular complexity index is 2920. The minimum Gasteiger partial charge on any atom is -0.506 e. The molecule has 6 nitrogen and oxygen atoms in total. The lowest BCUT2D eigenvalue weighted by molar-refractivity contribution is 0.217. The van der Waals surface area contributed by atoms with Crippen molar-refractivity contribution in [2.75, 3.05) is 13.2 Å². The van der Waals surface area contributed by atoms with Crippen LogP contribution in [0.4, 0.5) is 0 Å². The van der Waals surface area contributed by atoms with Crippen LogP contribution in [-0.2, 0) is 12.8 Å². The molecule has 7 aromatic rings. The first-order valence-electron chi connectivity index (χ1n) is 19.0. The van der Waals surface area contributed by atoms with E-state index in [1.54, 1.807) is 12.1 Å². The molecular weight excluding hydrogens is 709 g/mol. The number of aliphatic hydroxyl groups excluding tert-OH is 5. The first-order valence-corrected chi connectivity index (χ1v) is 19.0. The zero-order valence-electron chi connectivity index (χ0n) is 31.5. The third kappa shape index (κ3) is 6.65. The van der Waals surface area contributed by atoms with Gasteiger partial charge in [0.2, 0.25) is 0 Å². The molecule has 0 radical (unpaired) electrons. The third-order valence-corrected chi connectivity index (χ3v) is 10.8. The molecule has 5 N–H and O–H groups in total. The van der Waals surface area contributed by atoms with Crippen LogP contribution in [0.3, 0.4) is 0 Å². The van der Waals surface area contributed by atoms with E-state index in [1.807, 2.05) is 49.4 Å². The van der Waals surface area contributed by atoms with Crippen LogP contribution in [0, 0.1) is 0 Å². The van der Waals surface area contributed by atoms with Gasteiger partial charge in [0, 0.05) is 22.9 Å². The summed E-state index contributed by atoms with van der Waals surface area (Å²) in [6.45, 7) is 4.77. The molecule has 6 heteroatoms. The van der Waals surface area contributed by atoms with Gasteiger partial charge in [-0.25, -0.2) is 0 Å². The number of hydrogen-bond donors (Lipinski definition) is 5. The van der Waals surface area contributed by atoms with E-state index in [0.717, 1.165) is 71.7 Å². The maximum Gasteiger partial charge on any atom is 0.198 e. The predicted octanol–water partition coefficient (Wildman–Crippen LogP) is 10.1. The van der Waals surface area contributed by atoms with Crippen LogP contribution in [0.25, 0.3) is 78.9 Å². The van der Waals surface area contributed by atoms with E-state index in [-0.39, 0.29) is 5.57 Å². The van der Waals surface area contributed by atoms with Gasteiger partial charge in [-0.05, 0) is 109 Å². The number of aliphatic hydroxyl groups is 5. The number of allylic oxidation sites excluding steroid dienone is 2. The highest BCUT2D eigenvalue weighted by molar-refractivity contribution is 6.12. The van der Waals surface area contributed by atoms with Crippen molar-refractivity contribution in [2.45, 2.75) is 19.8 Å². The van der Waals surface area contributed by atoms with Gasteiger partial charge in [0.15, 0.2) is 17.3 Å². The fourth-order valence-corrected chi connectivity index (χ4v) is 8.10. The summed E-state index contributed by atoms with van der Waals surface area (Å²) in [6, 6.07) is 38.9. The average molecular weight is 751 g/mol. The van der Waals surface area contributed by atoms with E-state index >= 15 is 0 Å². The first-order chi connectivity index (χ1) is 27.9. The highest BCUT2D eigenvalue weighted by atomic mass is 16.4. The molecule has 0 fully saturated rings. The zero-order chi connectivity index (χ0) is 39.6. The summed E-state index contributed by atoms with van der Waals surface area (Å²) >= 11 is 0. The van der Waals surface area contributed by atoms with Crippen LogP contribution in [0.1, 0.15) is 34.9 Å². The molecule has 1 aliphatic carbocycles. The largest absolute Gasteiger partial charge is 0.506 e. The highest BCUT2D eigenvalue weighted by Gasteiger charge is 2.25. The molecule has 0 amide bonds. The zero-order valence-corrected chi connectivity index (χ0v) is 31.5. The molecule has 6 aromatic carbocycles. The van der Waals surface area contributed by atoms with Crippen molar-refractivity contribution in [3.8, 4) is 33.4 Å². The molecule has 0 bridgehead atoms. The number of furan rings is 1. The molecule has 0 atom stereocenters. The summed E-state index contributed by atoms with van der Waals surface area (Å²) in [4.78, 5) is 0. The van der Waals surface area contributed by atoms with E-state index in [0.29, 0.717) is 24.0 Å². The van der Waals surface area contributed by atoms with Gasteiger partial charge in [-0.1, -0.05) is 128 Å². The van der Waals surface area contributed by atoms with Gasteiger partial charge in [-0.3, -0.25) is 0 Å². The molecule has 57 heavy (non-hydrogen) atoms. The van der Waals surface area contributed by atoms with Crippen LogP contribution < -0.4 is 10.4 Å². The second kappa shape index (κ2) is 15.7. The Kier molecular flexibility index (Phi) is 10.2. The smallest absolute Gasteiger partial charge is 0.198 e. The first kappa shape index (κ1) is 37.1. The standard InChI is InChI=1S/C51H42O6/c1-3-5-15-38-36(4-2)49(39-17-10-9-16-37(39)44(29-52)50(55)51(56)45(54)30-53)41-19-12-11-18-40(41)48(38)34-23-25-47-42(27-34)43-28-35-26-33(31-13-7-6-8-14-31)21-20-32(35)22-24-46(43)57-47/h3-14,16-23,25-28,52-56H,2,15,24,29-30H2,1H3/b5-3-,50-44-,51-45-. The van der Waals surface area contributed by atoms with Gasteiger partial charge >= 0.3 is 0 Å². The molecule has 0 saturated carbocycles. The van der Waals surface area contributed by atoms with Gasteiger partial charge in [-0.15, -0.1) is 0 Å². The molecule has 282 valence electrons. The molecule has 0 spiro atoms. The lowest BCUT2D eigenvalue weighted by Crippen LogP contribution is -2.23. The summed E-state index contributed by atoms with van der Waals surface area (Å²) in [5, 5.41) is 57.0. The minimum atomic E-state index is -0.905. The van der Waals surface area contributed by atoms with Crippen molar-refractivity contribution >= 4 is 45.5 Å². The summed E-state index contributed by atoms with van der Waals surface area (Å²) in [5.74, 6) is -1.53. The van der Waals surface area contributed by atoms with Gasteiger partial charge in [0.25, 0.3) is 0 Å². The van der Waals surface area contributed by atoms with Gasteiger partial charge in [-0.2, -0.15) is 0 Å². The molecule has 1 aliphatic rings. The van der Waals surface area contributed by atoms with Gasteiger partial charge < -0.3 is 29.9 Å². The second-order valence-electron chi connectivity index (χ2n) is 14.1. The maximum absolute atomic E-state index is 11.1. The van der Waals surface area contributed by atoms with Crippen LogP contribution in [0.2, 0.25) is 0 Å². The molecule has 8 rings (SSSR count). The minimum absolute atomic E-state index is 0.0154. The SMILES string of the molecule is C=Cc1c(C/C=C\C)c(-c2ccc3oc4c(c3c2)C=c2cc(-c3ccccc3)ccc2=CC4)c2ccccc2c1-c1ccccc1/C(CO)=C(O)/C(O)=C(/O)CO. The Morgan fingerprint density at radius 3 is 2.16 bits per heavy atom. The predicted molar refractivity (Wildman–Crippen MR) is 232 cm³/mol. The van der Waals surface area contributed by atoms with Crippen LogP contribution in [0.5, 0.6) is 0 Å². The topological polar surface area (TPSA) is 114 Å². The Hall–Kier alpha value is -6.86. The number of hydrogen-bond acceptors (Lipinski definition) is 6. The molecule has 0 aliphatic heterocycles. The summed E-state index contributed by atoms with van der Waals surface area (Å²) in [6.07, 6.45) is 11.7. The third-order valence-electron chi connectivity index (χ3n) is 10.8. The van der Waals surface area contributed by atoms with E-state index in [2.05, 4.69) is 97.6 Å². The molecule has 0 unspecified atom stereocenters. The highest BCUT2D eigenvalue weighted by Crippen LogP contribution is 2.46. The Morgan fingerprint density at radius 1 is 0.702 bits per heavy atom. The quantitative estimate of drug-likeness (QED) is 0.0540. The van der Waals surface area contributed by atoms with Crippen molar-refractivity contribution in [3.05, 3.63) is 190 Å². The Labute approximate surface area is 330 Å². The summed E-state index contributed by atoms with van der Waals surface area (Å²) in [7, 11) is 0. The second-order valence-corrected chi connectivity index (χ2v) is 14.1. The molecule has 1 aromatic heterocycles. The fraction of sp³-hybridized carbons (Fsp3) is 0.0980. The van der Waals surface area contributed by atoms with E-state index in [1.165, 1.54) is 10.8 Å². The lowest BCUT2D eigenvalue weighted by atomic mass is 9.80. The van der Waals surface area contributed by atoms with Crippen LogP contribution in [0.15, 0.2) is 156 Å². The van der Waals surface area contributed by atoms with Crippen molar-refractivity contribution in [1.29, 1.82) is 0 Å². The van der Waals surface area contributed by atoms with E-state index in [9.17, 15) is 25.5 Å². The molecule has 1 heterocycles. The Morgan fingerprint density at radius 2 is 1.42 bits per heavy atom.